The summed E-state index contributed by atoms with van der Waals surface area (Å²) < 4.78 is 0. The second kappa shape index (κ2) is 34.7. The zero-order valence-electron chi connectivity index (χ0n) is 33.8. The van der Waals surface area contributed by atoms with Crippen molar-refractivity contribution < 1.29 is 4.79 Å². The lowest BCUT2D eigenvalue weighted by molar-refractivity contribution is -0.118. The van der Waals surface area contributed by atoms with Crippen LogP contribution in [0.4, 0.5) is 0 Å². The van der Waals surface area contributed by atoms with E-state index in [2.05, 4.69) is 68.4 Å². The predicted molar refractivity (Wildman–Crippen MR) is 216 cm³/mol. The number of hydrogen-bond donors (Lipinski definition) is 0. The Bertz CT molecular complexity index is 1040. The molecule has 2 unspecified atom stereocenters. The molecule has 0 radical (unpaired) electrons. The molecule has 0 bridgehead atoms. The monoisotopic (exact) mass is 647 g/mol. The number of Topliss-reactive ketones (excluding diaryl/α,β-unsaturated/α-hetero) is 1. The summed E-state index contributed by atoms with van der Waals surface area (Å²) in [6.45, 7) is 28.6. The third-order valence-corrected chi connectivity index (χ3v) is 8.23. The van der Waals surface area contributed by atoms with Gasteiger partial charge >= 0.3 is 0 Å². The molecule has 2 atom stereocenters. The van der Waals surface area contributed by atoms with Gasteiger partial charge in [-0.15, -0.1) is 0 Å². The minimum absolute atomic E-state index is 0.378. The van der Waals surface area contributed by atoms with Crippen LogP contribution in [-0.2, 0) is 43.3 Å². The Morgan fingerprint density at radius 3 is 1.06 bits per heavy atom. The number of rotatable bonds is 2. The normalized spacial score (nSPS) is 15.7. The summed E-state index contributed by atoms with van der Waals surface area (Å²) in [5.74, 6) is 2.27. The molecule has 6 rings (SSSR count). The van der Waals surface area contributed by atoms with E-state index in [1.54, 1.807) is 22.3 Å². The maximum Gasteiger partial charge on any atom is 0.137 e. The Hall–Kier alpha value is -2.67. The molecule has 0 saturated heterocycles. The van der Waals surface area contributed by atoms with Gasteiger partial charge in [0.15, 0.2) is 0 Å². The molecule has 0 spiro atoms. The maximum atomic E-state index is 11.0. The number of carbonyl (C=O) groups is 1. The zero-order chi connectivity index (χ0) is 36.5. The van der Waals surface area contributed by atoms with E-state index >= 15 is 0 Å². The van der Waals surface area contributed by atoms with E-state index in [1.807, 2.05) is 101 Å². The van der Waals surface area contributed by atoms with Crippen molar-refractivity contribution in [3.05, 3.63) is 106 Å². The summed E-state index contributed by atoms with van der Waals surface area (Å²) in [6, 6.07) is 26.0. The quantitative estimate of drug-likeness (QED) is 0.271. The average Bonchev–Trinajstić information content (AvgIpc) is 3.19. The van der Waals surface area contributed by atoms with Crippen LogP contribution in [0.25, 0.3) is 0 Å². The molecule has 1 heteroatoms. The molecule has 0 heterocycles. The van der Waals surface area contributed by atoms with E-state index in [0.29, 0.717) is 12.2 Å². The van der Waals surface area contributed by atoms with Gasteiger partial charge in [0.1, 0.15) is 5.78 Å². The van der Waals surface area contributed by atoms with Crippen molar-refractivity contribution in [3.8, 4) is 0 Å². The van der Waals surface area contributed by atoms with Crippen LogP contribution in [-0.4, -0.2) is 5.78 Å². The topological polar surface area (TPSA) is 17.1 Å². The molecular weight excluding hydrogens is 569 g/mol. The number of hydrogen-bond acceptors (Lipinski definition) is 1. The second-order valence-electron chi connectivity index (χ2n) is 10.6. The molecule has 3 aromatic rings. The molecule has 268 valence electrons. The van der Waals surface area contributed by atoms with Gasteiger partial charge in [0, 0.05) is 12.8 Å². The zero-order valence-corrected chi connectivity index (χ0v) is 33.8. The van der Waals surface area contributed by atoms with Crippen molar-refractivity contribution in [2.45, 2.75) is 168 Å². The summed E-state index contributed by atoms with van der Waals surface area (Å²) in [5, 5.41) is 0. The highest BCUT2D eigenvalue weighted by molar-refractivity contribution is 5.83. The fraction of sp³-hybridized carbons (Fsp3) is 0.587. The van der Waals surface area contributed by atoms with Crippen molar-refractivity contribution in [2.24, 2.45) is 11.8 Å². The second-order valence-corrected chi connectivity index (χ2v) is 10.6. The van der Waals surface area contributed by atoms with E-state index in [-0.39, 0.29) is 0 Å². The Labute approximate surface area is 295 Å². The molecule has 0 N–H and O–H groups in total. The van der Waals surface area contributed by atoms with Gasteiger partial charge in [-0.05, 0) is 90.2 Å². The molecule has 3 aliphatic rings. The molecule has 0 fully saturated rings. The predicted octanol–water partition coefficient (Wildman–Crippen LogP) is 14.3. The molecule has 0 aromatic heterocycles. The molecule has 0 amide bonds. The van der Waals surface area contributed by atoms with Gasteiger partial charge in [-0.1, -0.05) is 183 Å². The molecule has 3 aromatic carbocycles. The molecular formula is C46H78O. The summed E-state index contributed by atoms with van der Waals surface area (Å²) in [7, 11) is 0. The van der Waals surface area contributed by atoms with E-state index in [1.165, 1.54) is 62.5 Å². The molecule has 0 aliphatic heterocycles. The van der Waals surface area contributed by atoms with Crippen molar-refractivity contribution >= 4 is 5.78 Å². The lowest BCUT2D eigenvalue weighted by atomic mass is 9.83. The van der Waals surface area contributed by atoms with Crippen molar-refractivity contribution in [3.63, 3.8) is 0 Å². The fourth-order valence-corrected chi connectivity index (χ4v) is 5.79. The lowest BCUT2D eigenvalue weighted by Crippen LogP contribution is -2.12. The molecule has 0 saturated carbocycles. The van der Waals surface area contributed by atoms with Crippen LogP contribution in [0.15, 0.2) is 72.8 Å². The van der Waals surface area contributed by atoms with E-state index < -0.39 is 0 Å². The average molecular weight is 647 g/mol. The Kier molecular flexibility index (Phi) is 35.9. The van der Waals surface area contributed by atoms with Crippen LogP contribution in [0.2, 0.25) is 0 Å². The highest BCUT2D eigenvalue weighted by Crippen LogP contribution is 2.27. The van der Waals surface area contributed by atoms with Crippen molar-refractivity contribution in [1.29, 1.82) is 0 Å². The highest BCUT2D eigenvalue weighted by atomic mass is 16.1. The van der Waals surface area contributed by atoms with Gasteiger partial charge in [0.05, 0.1) is 0 Å². The standard InChI is InChI=1S/2C12H16.C10H10O.6C2H6/c2*1-2-10-7-8-11-5-3-4-6-12(11)9-10;11-10-6-5-8-3-1-2-4-9(8)7-10;6*1-2/h2*3-6,10H,2,7-9H2,1H3;1-4H,5-7H2;6*1-2H3. The van der Waals surface area contributed by atoms with Crippen LogP contribution < -0.4 is 0 Å². The van der Waals surface area contributed by atoms with E-state index in [9.17, 15) is 4.79 Å². The number of ketones is 1. The van der Waals surface area contributed by atoms with Gasteiger partial charge in [-0.25, -0.2) is 0 Å². The van der Waals surface area contributed by atoms with Gasteiger partial charge < -0.3 is 0 Å². The minimum atomic E-state index is 0.378. The summed E-state index contributed by atoms with van der Waals surface area (Å²) in [5.41, 5.74) is 8.94. The van der Waals surface area contributed by atoms with Crippen molar-refractivity contribution in [2.75, 3.05) is 0 Å². The third kappa shape index (κ3) is 19.7. The van der Waals surface area contributed by atoms with Gasteiger partial charge in [0.2, 0.25) is 0 Å². The van der Waals surface area contributed by atoms with Gasteiger partial charge in [-0.3, -0.25) is 4.79 Å². The summed E-state index contributed by atoms with van der Waals surface area (Å²) in [4.78, 5) is 11.0. The molecule has 47 heavy (non-hydrogen) atoms. The number of fused-ring (bicyclic) bond motifs is 3. The Morgan fingerprint density at radius 2 is 0.723 bits per heavy atom. The number of benzene rings is 3. The third-order valence-electron chi connectivity index (χ3n) is 8.23. The Morgan fingerprint density at radius 1 is 0.426 bits per heavy atom. The SMILES string of the molecule is CC.CC.CC.CC.CC.CC.CCC1CCc2ccccc2C1.CCC1CCc2ccccc2C1.O=C1CCc2ccccc2C1. The Balaban J connectivity index is -0.000000532. The van der Waals surface area contributed by atoms with Crippen LogP contribution in [0, 0.1) is 11.8 Å². The van der Waals surface area contributed by atoms with Crippen LogP contribution in [0.5, 0.6) is 0 Å². The first-order chi connectivity index (χ1) is 23.2. The van der Waals surface area contributed by atoms with E-state index in [0.717, 1.165) is 24.7 Å². The molecule has 1 nitrogen and oxygen atoms in total. The van der Waals surface area contributed by atoms with Gasteiger partial charge in [0.25, 0.3) is 0 Å². The highest BCUT2D eigenvalue weighted by Gasteiger charge is 2.17. The van der Waals surface area contributed by atoms with Crippen molar-refractivity contribution in [1.82, 2.24) is 0 Å². The van der Waals surface area contributed by atoms with Gasteiger partial charge in [-0.2, -0.15) is 0 Å². The first-order valence-electron chi connectivity index (χ1n) is 19.9. The summed E-state index contributed by atoms with van der Waals surface area (Å²) >= 11 is 0. The minimum Gasteiger partial charge on any atom is -0.299 e. The smallest absolute Gasteiger partial charge is 0.137 e. The molecule has 3 aliphatic carbocycles. The van der Waals surface area contributed by atoms with E-state index in [4.69, 9.17) is 0 Å². The largest absolute Gasteiger partial charge is 0.299 e. The maximum absolute atomic E-state index is 11.0. The van der Waals surface area contributed by atoms with Crippen LogP contribution in [0.3, 0.4) is 0 Å². The first-order valence-corrected chi connectivity index (χ1v) is 19.9. The van der Waals surface area contributed by atoms with Crippen LogP contribution in [0.1, 0.15) is 162 Å². The lowest BCUT2D eigenvalue weighted by Gasteiger charge is -2.23. The van der Waals surface area contributed by atoms with Crippen LogP contribution >= 0.6 is 0 Å². The number of aryl methyl sites for hydroxylation is 3. The number of carbonyl (C=O) groups excluding carboxylic acids is 1. The fourth-order valence-electron chi connectivity index (χ4n) is 5.79. The first kappa shape index (κ1) is 48.7. The summed E-state index contributed by atoms with van der Waals surface area (Å²) in [6.07, 6.45) is 13.0.